The lowest BCUT2D eigenvalue weighted by Gasteiger charge is -2.28. The summed E-state index contributed by atoms with van der Waals surface area (Å²) >= 11 is 0. The summed E-state index contributed by atoms with van der Waals surface area (Å²) < 4.78 is 10.5. The monoisotopic (exact) mass is 324 g/mol. The topological polar surface area (TPSA) is 52.6 Å². The molecule has 5 atom stereocenters. The molecule has 0 aromatic heterocycles. The van der Waals surface area contributed by atoms with Gasteiger partial charge in [0, 0.05) is 6.92 Å². The molecule has 2 saturated carbocycles. The van der Waals surface area contributed by atoms with Crippen molar-refractivity contribution in [2.45, 2.75) is 72.3 Å². The molecule has 0 aromatic rings. The summed E-state index contributed by atoms with van der Waals surface area (Å²) in [6, 6.07) is 0. The minimum atomic E-state index is -0.284. The van der Waals surface area contributed by atoms with Gasteiger partial charge in [-0.25, -0.2) is 0 Å². The zero-order valence-corrected chi connectivity index (χ0v) is 15.0. The van der Waals surface area contributed by atoms with Crippen LogP contribution in [0.1, 0.15) is 66.2 Å². The number of rotatable bonds is 4. The second kappa shape index (κ2) is 8.16. The van der Waals surface area contributed by atoms with E-state index in [2.05, 4.69) is 20.8 Å². The quantitative estimate of drug-likeness (QED) is 0.734. The first-order chi connectivity index (χ1) is 10.9. The normalized spacial score (nSPS) is 33.2. The molecule has 0 radical (unpaired) electrons. The van der Waals surface area contributed by atoms with E-state index in [-0.39, 0.29) is 24.0 Å². The first-order valence-corrected chi connectivity index (χ1v) is 9.20. The fraction of sp³-hybridized carbons (Fsp3) is 0.895. The molecule has 0 aromatic carbocycles. The third-order valence-corrected chi connectivity index (χ3v) is 5.16. The molecule has 1 heterocycles. The Morgan fingerprint density at radius 2 is 1.91 bits per heavy atom. The van der Waals surface area contributed by atoms with Crippen molar-refractivity contribution < 1.29 is 19.1 Å². The third kappa shape index (κ3) is 5.22. The number of hydrogen-bond acceptors (Lipinski definition) is 4. The number of carbonyl (C=O) groups is 2. The zero-order chi connectivity index (χ0) is 17.0. The van der Waals surface area contributed by atoms with E-state index in [9.17, 15) is 9.59 Å². The molecule has 2 bridgehead atoms. The molecule has 23 heavy (non-hydrogen) atoms. The van der Waals surface area contributed by atoms with Crippen LogP contribution in [0.4, 0.5) is 0 Å². The van der Waals surface area contributed by atoms with Gasteiger partial charge in [-0.15, -0.1) is 0 Å². The third-order valence-electron chi connectivity index (χ3n) is 5.16. The van der Waals surface area contributed by atoms with Crippen molar-refractivity contribution in [1.82, 2.24) is 0 Å². The lowest BCUT2D eigenvalue weighted by atomic mass is 9.82. The van der Waals surface area contributed by atoms with Crippen molar-refractivity contribution in [2.24, 2.45) is 29.6 Å². The number of carbonyl (C=O) groups excluding carboxylic acids is 2. The number of cyclic esters (lactones) is 1. The van der Waals surface area contributed by atoms with Gasteiger partial charge in [-0.3, -0.25) is 9.59 Å². The molecule has 0 amide bonds. The maximum absolute atomic E-state index is 11.7. The Hall–Kier alpha value is -1.06. The van der Waals surface area contributed by atoms with Gasteiger partial charge in [0.25, 0.3) is 0 Å². The Labute approximate surface area is 140 Å². The lowest BCUT2D eigenvalue weighted by molar-refractivity contribution is -0.155. The van der Waals surface area contributed by atoms with Gasteiger partial charge in [0.15, 0.2) is 0 Å². The fourth-order valence-electron chi connectivity index (χ4n) is 4.32. The SMILES string of the molecule is CC(=O)OC(CC1CC2CCC1C2)C1CCOC1=O.CC(C)C. The van der Waals surface area contributed by atoms with E-state index < -0.39 is 0 Å². The number of esters is 2. The lowest BCUT2D eigenvalue weighted by Crippen LogP contribution is -2.32. The van der Waals surface area contributed by atoms with Gasteiger partial charge in [0.2, 0.25) is 0 Å². The summed E-state index contributed by atoms with van der Waals surface area (Å²) in [5.41, 5.74) is 0. The second-order valence-corrected chi connectivity index (χ2v) is 8.11. The molecule has 0 N–H and O–H groups in total. The van der Waals surface area contributed by atoms with Crippen LogP contribution in [0.15, 0.2) is 0 Å². The van der Waals surface area contributed by atoms with E-state index in [1.807, 2.05) is 0 Å². The summed E-state index contributed by atoms with van der Waals surface area (Å²) in [4.78, 5) is 23.0. The van der Waals surface area contributed by atoms with Crippen molar-refractivity contribution in [2.75, 3.05) is 6.61 Å². The highest BCUT2D eigenvalue weighted by molar-refractivity contribution is 5.75. The fourth-order valence-corrected chi connectivity index (χ4v) is 4.32. The first kappa shape index (κ1) is 18.3. The largest absolute Gasteiger partial charge is 0.465 e. The van der Waals surface area contributed by atoms with E-state index in [0.29, 0.717) is 18.9 Å². The molecule has 1 saturated heterocycles. The predicted molar refractivity (Wildman–Crippen MR) is 88.7 cm³/mol. The van der Waals surface area contributed by atoms with Gasteiger partial charge in [0.1, 0.15) is 6.10 Å². The molecule has 0 spiro atoms. The van der Waals surface area contributed by atoms with E-state index in [4.69, 9.17) is 9.47 Å². The molecule has 1 aliphatic heterocycles. The zero-order valence-electron chi connectivity index (χ0n) is 15.0. The summed E-state index contributed by atoms with van der Waals surface area (Å²) in [5, 5.41) is 0. The van der Waals surface area contributed by atoms with Gasteiger partial charge in [0.05, 0.1) is 12.5 Å². The summed E-state index contributed by atoms with van der Waals surface area (Å²) in [6.45, 7) is 8.39. The van der Waals surface area contributed by atoms with Crippen molar-refractivity contribution in [1.29, 1.82) is 0 Å². The van der Waals surface area contributed by atoms with Crippen LogP contribution in [-0.2, 0) is 19.1 Å². The average Bonchev–Trinajstić information content (AvgIpc) is 3.12. The molecular formula is C19H32O4. The number of ether oxygens (including phenoxy) is 2. The molecule has 2 aliphatic carbocycles. The van der Waals surface area contributed by atoms with Crippen molar-refractivity contribution in [3.63, 3.8) is 0 Å². The minimum Gasteiger partial charge on any atom is -0.465 e. The molecule has 5 unspecified atom stereocenters. The Bertz CT molecular complexity index is 415. The molecule has 132 valence electrons. The van der Waals surface area contributed by atoms with Crippen LogP contribution in [0.3, 0.4) is 0 Å². The standard InChI is InChI=1S/C15H22O4.C4H10/c1-9(16)19-14(13-4-5-18-15(13)17)8-12-7-10-2-3-11(12)6-10;1-4(2)3/h10-14H,2-8H2,1H3;4H,1-3H3. The van der Waals surface area contributed by atoms with Crippen molar-refractivity contribution in [3.05, 3.63) is 0 Å². The van der Waals surface area contributed by atoms with Crippen LogP contribution < -0.4 is 0 Å². The Morgan fingerprint density at radius 1 is 1.22 bits per heavy atom. The molecule has 3 aliphatic rings. The van der Waals surface area contributed by atoms with Crippen LogP contribution in [0.5, 0.6) is 0 Å². The van der Waals surface area contributed by atoms with Crippen molar-refractivity contribution >= 4 is 11.9 Å². The van der Waals surface area contributed by atoms with E-state index >= 15 is 0 Å². The predicted octanol–water partition coefficient (Wildman–Crippen LogP) is 3.97. The van der Waals surface area contributed by atoms with Gasteiger partial charge in [-0.2, -0.15) is 0 Å². The summed E-state index contributed by atoms with van der Waals surface area (Å²) in [7, 11) is 0. The van der Waals surface area contributed by atoms with Gasteiger partial charge in [-0.05, 0) is 55.8 Å². The average molecular weight is 324 g/mol. The maximum Gasteiger partial charge on any atom is 0.312 e. The van der Waals surface area contributed by atoms with E-state index in [1.165, 1.54) is 32.6 Å². The maximum atomic E-state index is 11.7. The molecule has 3 fully saturated rings. The van der Waals surface area contributed by atoms with Crippen LogP contribution in [0.2, 0.25) is 0 Å². The van der Waals surface area contributed by atoms with Gasteiger partial charge >= 0.3 is 11.9 Å². The summed E-state index contributed by atoms with van der Waals surface area (Å²) in [6.07, 6.45) is 6.55. The number of fused-ring (bicyclic) bond motifs is 2. The van der Waals surface area contributed by atoms with E-state index in [1.54, 1.807) is 0 Å². The number of hydrogen-bond donors (Lipinski definition) is 0. The highest BCUT2D eigenvalue weighted by Gasteiger charge is 2.44. The van der Waals surface area contributed by atoms with Gasteiger partial charge in [-0.1, -0.05) is 27.2 Å². The minimum absolute atomic E-state index is 0.186. The molecular weight excluding hydrogens is 292 g/mol. The van der Waals surface area contributed by atoms with Crippen LogP contribution in [0.25, 0.3) is 0 Å². The highest BCUT2D eigenvalue weighted by Crippen LogP contribution is 2.50. The van der Waals surface area contributed by atoms with Crippen molar-refractivity contribution in [3.8, 4) is 0 Å². The van der Waals surface area contributed by atoms with Gasteiger partial charge < -0.3 is 9.47 Å². The Morgan fingerprint density at radius 3 is 2.35 bits per heavy atom. The van der Waals surface area contributed by atoms with Crippen LogP contribution >= 0.6 is 0 Å². The molecule has 4 heteroatoms. The Balaban J connectivity index is 0.000000433. The first-order valence-electron chi connectivity index (χ1n) is 9.20. The molecule has 4 nitrogen and oxygen atoms in total. The van der Waals surface area contributed by atoms with E-state index in [0.717, 1.165) is 24.2 Å². The van der Waals surface area contributed by atoms with Crippen LogP contribution in [-0.4, -0.2) is 24.6 Å². The molecule has 3 rings (SSSR count). The Kier molecular flexibility index (Phi) is 6.49. The van der Waals surface area contributed by atoms with Crippen LogP contribution in [0, 0.1) is 29.6 Å². The smallest absolute Gasteiger partial charge is 0.312 e. The summed E-state index contributed by atoms with van der Waals surface area (Å²) in [5.74, 6) is 2.44. The second-order valence-electron chi connectivity index (χ2n) is 8.11. The highest BCUT2D eigenvalue weighted by atomic mass is 16.6.